The number of rotatable bonds is 2. The molecule has 0 bridgehead atoms. The number of hydrogen-bond donors (Lipinski definition) is 0. The summed E-state index contributed by atoms with van der Waals surface area (Å²) in [5, 5.41) is 0.470. The summed E-state index contributed by atoms with van der Waals surface area (Å²) in [5.74, 6) is 0.959. The number of nitrogens with zero attached hydrogens (tertiary/aromatic N) is 3. The summed E-state index contributed by atoms with van der Waals surface area (Å²) >= 11 is 5.97. The van der Waals surface area contributed by atoms with E-state index in [0.29, 0.717) is 16.9 Å². The van der Waals surface area contributed by atoms with Crippen molar-refractivity contribution in [2.75, 3.05) is 0 Å². The molecule has 0 fully saturated rings. The van der Waals surface area contributed by atoms with Gasteiger partial charge in [0, 0.05) is 23.7 Å². The topological polar surface area (TPSA) is 38.7 Å². The van der Waals surface area contributed by atoms with Crippen LogP contribution >= 0.6 is 11.6 Å². The van der Waals surface area contributed by atoms with Gasteiger partial charge in [0.1, 0.15) is 5.15 Å². The van der Waals surface area contributed by atoms with Gasteiger partial charge in [0.2, 0.25) is 0 Å². The summed E-state index contributed by atoms with van der Waals surface area (Å²) < 4.78 is 0. The van der Waals surface area contributed by atoms with E-state index in [-0.39, 0.29) is 0 Å². The molecule has 0 atom stereocenters. The second-order valence-electron chi connectivity index (χ2n) is 3.84. The van der Waals surface area contributed by atoms with Gasteiger partial charge < -0.3 is 0 Å². The number of aromatic nitrogens is 3. The van der Waals surface area contributed by atoms with Gasteiger partial charge in [-0.25, -0.2) is 9.97 Å². The summed E-state index contributed by atoms with van der Waals surface area (Å²) in [5.41, 5.74) is 1.82. The highest BCUT2D eigenvalue weighted by Crippen LogP contribution is 2.20. The monoisotopic (exact) mass is 233 g/mol. The lowest BCUT2D eigenvalue weighted by Gasteiger charge is -2.07. The van der Waals surface area contributed by atoms with Crippen molar-refractivity contribution in [3.63, 3.8) is 0 Å². The van der Waals surface area contributed by atoms with Crippen LogP contribution in [0.5, 0.6) is 0 Å². The van der Waals surface area contributed by atoms with Crippen LogP contribution in [0, 0.1) is 0 Å². The zero-order valence-electron chi connectivity index (χ0n) is 9.18. The maximum Gasteiger partial charge on any atom is 0.162 e. The molecule has 0 spiro atoms. The van der Waals surface area contributed by atoms with E-state index in [1.807, 2.05) is 12.1 Å². The predicted molar refractivity (Wildman–Crippen MR) is 64.4 cm³/mol. The van der Waals surface area contributed by atoms with Gasteiger partial charge in [-0.15, -0.1) is 0 Å². The van der Waals surface area contributed by atoms with Crippen molar-refractivity contribution in [3.8, 4) is 11.4 Å². The first kappa shape index (κ1) is 11.0. The quantitative estimate of drug-likeness (QED) is 0.747. The third kappa shape index (κ3) is 2.36. The van der Waals surface area contributed by atoms with Gasteiger partial charge in [0.05, 0.1) is 0 Å². The average Bonchev–Trinajstić information content (AvgIpc) is 2.29. The van der Waals surface area contributed by atoms with E-state index in [9.17, 15) is 0 Å². The third-order valence-electron chi connectivity index (χ3n) is 2.23. The summed E-state index contributed by atoms with van der Waals surface area (Å²) in [6.07, 6.45) is 3.45. The summed E-state index contributed by atoms with van der Waals surface area (Å²) in [7, 11) is 0. The van der Waals surface area contributed by atoms with Gasteiger partial charge in [-0.3, -0.25) is 4.98 Å². The zero-order chi connectivity index (χ0) is 11.5. The fourth-order valence-electron chi connectivity index (χ4n) is 1.35. The summed E-state index contributed by atoms with van der Waals surface area (Å²) in [6.45, 7) is 4.15. The van der Waals surface area contributed by atoms with Crippen LogP contribution in [0.25, 0.3) is 11.4 Å². The molecule has 2 heterocycles. The number of hydrogen-bond acceptors (Lipinski definition) is 3. The zero-order valence-corrected chi connectivity index (χ0v) is 9.94. The van der Waals surface area contributed by atoms with E-state index in [0.717, 1.165) is 11.3 Å². The maximum atomic E-state index is 5.97. The van der Waals surface area contributed by atoms with Crippen LogP contribution in [0.15, 0.2) is 30.6 Å². The highest BCUT2D eigenvalue weighted by Gasteiger charge is 2.08. The summed E-state index contributed by atoms with van der Waals surface area (Å²) in [4.78, 5) is 12.7. The molecule has 3 nitrogen and oxygen atoms in total. The molecule has 2 rings (SSSR count). The molecule has 82 valence electrons. The normalized spacial score (nSPS) is 10.8. The smallest absolute Gasteiger partial charge is 0.162 e. The second-order valence-corrected chi connectivity index (χ2v) is 4.22. The Kier molecular flexibility index (Phi) is 3.15. The van der Waals surface area contributed by atoms with E-state index in [4.69, 9.17) is 11.6 Å². The van der Waals surface area contributed by atoms with Crippen LogP contribution in [-0.4, -0.2) is 15.0 Å². The van der Waals surface area contributed by atoms with Crippen molar-refractivity contribution in [3.05, 3.63) is 41.4 Å². The highest BCUT2D eigenvalue weighted by atomic mass is 35.5. The van der Waals surface area contributed by atoms with Crippen molar-refractivity contribution >= 4 is 11.6 Å². The van der Waals surface area contributed by atoms with E-state index >= 15 is 0 Å². The SMILES string of the molecule is CC(C)c1cc(Cl)nc(-c2cccnc2)n1. The molecule has 0 amide bonds. The molecule has 2 aromatic heterocycles. The average molecular weight is 234 g/mol. The Hall–Kier alpha value is -1.48. The lowest BCUT2D eigenvalue weighted by atomic mass is 10.1. The molecular weight excluding hydrogens is 222 g/mol. The standard InChI is InChI=1S/C12H12ClN3/c1-8(2)10-6-11(13)16-12(15-10)9-4-3-5-14-7-9/h3-8H,1-2H3. The molecule has 2 aromatic rings. The van der Waals surface area contributed by atoms with Gasteiger partial charge in [-0.05, 0) is 24.1 Å². The molecule has 4 heteroatoms. The molecule has 0 saturated heterocycles. The molecule has 0 aromatic carbocycles. The Bertz CT molecular complexity index is 483. The third-order valence-corrected chi connectivity index (χ3v) is 2.42. The van der Waals surface area contributed by atoms with E-state index < -0.39 is 0 Å². The lowest BCUT2D eigenvalue weighted by molar-refractivity contribution is 0.816. The summed E-state index contributed by atoms with van der Waals surface area (Å²) in [6, 6.07) is 5.57. The van der Waals surface area contributed by atoms with Crippen molar-refractivity contribution in [2.45, 2.75) is 19.8 Å². The first-order valence-electron chi connectivity index (χ1n) is 5.11. The van der Waals surface area contributed by atoms with Gasteiger partial charge in [-0.2, -0.15) is 0 Å². The molecule has 0 aliphatic heterocycles. The fraction of sp³-hybridized carbons (Fsp3) is 0.250. The lowest BCUT2D eigenvalue weighted by Crippen LogP contribution is -1.98. The van der Waals surface area contributed by atoms with Gasteiger partial charge in [-0.1, -0.05) is 25.4 Å². The maximum absolute atomic E-state index is 5.97. The molecule has 0 aliphatic carbocycles. The van der Waals surface area contributed by atoms with Crippen molar-refractivity contribution in [1.29, 1.82) is 0 Å². The van der Waals surface area contributed by atoms with Crippen LogP contribution in [0.1, 0.15) is 25.5 Å². The minimum absolute atomic E-state index is 0.330. The first-order valence-corrected chi connectivity index (χ1v) is 5.49. The van der Waals surface area contributed by atoms with Crippen molar-refractivity contribution < 1.29 is 0 Å². The minimum atomic E-state index is 0.330. The van der Waals surface area contributed by atoms with E-state index in [1.165, 1.54) is 0 Å². The van der Waals surface area contributed by atoms with Crippen LogP contribution in [0.2, 0.25) is 5.15 Å². The highest BCUT2D eigenvalue weighted by molar-refractivity contribution is 6.29. The molecular formula is C12H12ClN3. The minimum Gasteiger partial charge on any atom is -0.264 e. The Morgan fingerprint density at radius 1 is 1.25 bits per heavy atom. The molecule has 0 aliphatic rings. The predicted octanol–water partition coefficient (Wildman–Crippen LogP) is 3.32. The van der Waals surface area contributed by atoms with Gasteiger partial charge in [0.25, 0.3) is 0 Å². The van der Waals surface area contributed by atoms with E-state index in [2.05, 4.69) is 28.8 Å². The van der Waals surface area contributed by atoms with E-state index in [1.54, 1.807) is 18.5 Å². The number of halogens is 1. The first-order chi connectivity index (χ1) is 7.66. The molecule has 0 radical (unpaired) electrons. The van der Waals surface area contributed by atoms with Crippen LogP contribution < -0.4 is 0 Å². The molecule has 0 unspecified atom stereocenters. The van der Waals surface area contributed by atoms with Crippen LogP contribution in [0.3, 0.4) is 0 Å². The number of pyridine rings is 1. The molecule has 0 N–H and O–H groups in total. The van der Waals surface area contributed by atoms with Crippen LogP contribution in [0.4, 0.5) is 0 Å². The Labute approximate surface area is 99.5 Å². The Morgan fingerprint density at radius 2 is 2.06 bits per heavy atom. The second kappa shape index (κ2) is 4.58. The largest absolute Gasteiger partial charge is 0.264 e. The Morgan fingerprint density at radius 3 is 2.69 bits per heavy atom. The van der Waals surface area contributed by atoms with Gasteiger partial charge >= 0.3 is 0 Å². The van der Waals surface area contributed by atoms with Gasteiger partial charge in [0.15, 0.2) is 5.82 Å². The van der Waals surface area contributed by atoms with Crippen molar-refractivity contribution in [2.24, 2.45) is 0 Å². The molecule has 0 saturated carbocycles. The fourth-order valence-corrected chi connectivity index (χ4v) is 1.55. The van der Waals surface area contributed by atoms with Crippen molar-refractivity contribution in [1.82, 2.24) is 15.0 Å². The van der Waals surface area contributed by atoms with Crippen LogP contribution in [-0.2, 0) is 0 Å². The molecule has 16 heavy (non-hydrogen) atoms. The Balaban J connectivity index is 2.50.